The zero-order chi connectivity index (χ0) is 13.1. The van der Waals surface area contributed by atoms with E-state index in [1.165, 1.54) is 0 Å². The lowest BCUT2D eigenvalue weighted by molar-refractivity contribution is -0.125. The van der Waals surface area contributed by atoms with Crippen LogP contribution in [0.3, 0.4) is 0 Å². The molecular formula is C13H16N2O3. The minimum Gasteiger partial charge on any atom is -0.479 e. The van der Waals surface area contributed by atoms with Crippen LogP contribution in [0, 0.1) is 0 Å². The highest BCUT2D eigenvalue weighted by molar-refractivity contribution is 5.99. The van der Waals surface area contributed by atoms with Crippen LogP contribution in [0.15, 0.2) is 24.3 Å². The summed E-state index contributed by atoms with van der Waals surface area (Å²) in [5, 5.41) is 0. The number of carbonyl (C=O) groups is 2. The minimum absolute atomic E-state index is 0.0850. The lowest BCUT2D eigenvalue weighted by Gasteiger charge is -2.32. The van der Waals surface area contributed by atoms with Crippen molar-refractivity contribution in [3.8, 4) is 5.75 Å². The molecule has 5 nitrogen and oxygen atoms in total. The van der Waals surface area contributed by atoms with Gasteiger partial charge < -0.3 is 15.4 Å². The monoisotopic (exact) mass is 248 g/mol. The van der Waals surface area contributed by atoms with Gasteiger partial charge in [-0.2, -0.15) is 0 Å². The minimum atomic E-state index is -0.492. The van der Waals surface area contributed by atoms with Gasteiger partial charge in [-0.1, -0.05) is 12.1 Å². The number of hydrogen-bond acceptors (Lipinski definition) is 3. The summed E-state index contributed by atoms with van der Waals surface area (Å²) in [6.45, 7) is 2.20. The van der Waals surface area contributed by atoms with E-state index in [2.05, 4.69) is 0 Å². The van der Waals surface area contributed by atoms with Gasteiger partial charge in [0.2, 0.25) is 5.91 Å². The molecule has 2 amide bonds. The van der Waals surface area contributed by atoms with E-state index in [-0.39, 0.29) is 18.2 Å². The number of primary amides is 1. The van der Waals surface area contributed by atoms with Gasteiger partial charge in [0.1, 0.15) is 5.75 Å². The maximum Gasteiger partial charge on any atom is 0.267 e. The summed E-state index contributed by atoms with van der Waals surface area (Å²) in [7, 11) is 0. The molecule has 0 aliphatic carbocycles. The summed E-state index contributed by atoms with van der Waals surface area (Å²) < 4.78 is 5.52. The van der Waals surface area contributed by atoms with Crippen LogP contribution < -0.4 is 15.4 Å². The van der Waals surface area contributed by atoms with Crippen LogP contribution in [0.4, 0.5) is 5.69 Å². The number of carbonyl (C=O) groups excluding carboxylic acids is 2. The van der Waals surface area contributed by atoms with Crippen LogP contribution in [-0.2, 0) is 9.59 Å². The van der Waals surface area contributed by atoms with Gasteiger partial charge in [0.25, 0.3) is 5.91 Å². The lowest BCUT2D eigenvalue weighted by Crippen LogP contribution is -2.45. The Hall–Kier alpha value is -2.04. The van der Waals surface area contributed by atoms with Crippen molar-refractivity contribution in [1.82, 2.24) is 0 Å². The van der Waals surface area contributed by atoms with Crippen molar-refractivity contribution in [2.24, 2.45) is 5.73 Å². The van der Waals surface area contributed by atoms with E-state index < -0.39 is 6.10 Å². The van der Waals surface area contributed by atoms with Crippen molar-refractivity contribution < 1.29 is 14.3 Å². The van der Waals surface area contributed by atoms with Crippen LogP contribution in [0.2, 0.25) is 0 Å². The smallest absolute Gasteiger partial charge is 0.267 e. The van der Waals surface area contributed by atoms with Crippen LogP contribution in [0.5, 0.6) is 5.75 Å². The van der Waals surface area contributed by atoms with Gasteiger partial charge in [-0.15, -0.1) is 0 Å². The number of hydrogen-bond donors (Lipinski definition) is 1. The highest BCUT2D eigenvalue weighted by Gasteiger charge is 2.30. The molecule has 1 aliphatic rings. The van der Waals surface area contributed by atoms with E-state index in [0.29, 0.717) is 18.7 Å². The predicted octanol–water partition coefficient (Wildman–Crippen LogP) is 1.07. The molecule has 1 heterocycles. The van der Waals surface area contributed by atoms with Crippen LogP contribution in [0.25, 0.3) is 0 Å². The number of rotatable bonds is 4. The molecule has 0 aromatic heterocycles. The summed E-state index contributed by atoms with van der Waals surface area (Å²) in [6, 6.07) is 7.39. The summed E-state index contributed by atoms with van der Waals surface area (Å²) in [6.07, 6.45) is 0.344. The predicted molar refractivity (Wildman–Crippen MR) is 67.3 cm³/mol. The van der Waals surface area contributed by atoms with Gasteiger partial charge in [0.05, 0.1) is 5.69 Å². The average Bonchev–Trinajstić information content (AvgIpc) is 2.33. The molecule has 0 bridgehead atoms. The second-order valence-electron chi connectivity index (χ2n) is 4.29. The highest BCUT2D eigenvalue weighted by atomic mass is 16.5. The largest absolute Gasteiger partial charge is 0.479 e. The topological polar surface area (TPSA) is 72.6 Å². The number of ether oxygens (including phenoxy) is 1. The second kappa shape index (κ2) is 5.08. The number of benzene rings is 1. The van der Waals surface area contributed by atoms with Crippen LogP contribution in [0.1, 0.15) is 19.8 Å². The number of nitrogens with zero attached hydrogens (tertiary/aromatic N) is 1. The van der Waals surface area contributed by atoms with E-state index >= 15 is 0 Å². The molecule has 1 unspecified atom stereocenters. The third-order valence-corrected chi connectivity index (χ3v) is 2.88. The lowest BCUT2D eigenvalue weighted by atomic mass is 10.1. The molecule has 0 saturated heterocycles. The molecule has 2 rings (SSSR count). The second-order valence-corrected chi connectivity index (χ2v) is 4.29. The summed E-state index contributed by atoms with van der Waals surface area (Å²) in [4.78, 5) is 24.4. The van der Waals surface area contributed by atoms with Crippen LogP contribution >= 0.6 is 0 Å². The fourth-order valence-electron chi connectivity index (χ4n) is 2.00. The van der Waals surface area contributed by atoms with Gasteiger partial charge in [0.15, 0.2) is 6.10 Å². The number of nitrogens with two attached hydrogens (primary N) is 1. The van der Waals surface area contributed by atoms with E-state index in [4.69, 9.17) is 10.5 Å². The van der Waals surface area contributed by atoms with Gasteiger partial charge in [-0.3, -0.25) is 9.59 Å². The number of anilines is 1. The fourth-order valence-corrected chi connectivity index (χ4v) is 2.00. The third-order valence-electron chi connectivity index (χ3n) is 2.88. The van der Waals surface area contributed by atoms with Crippen LogP contribution in [-0.4, -0.2) is 24.5 Å². The Kier molecular flexibility index (Phi) is 3.50. The Labute approximate surface area is 106 Å². The van der Waals surface area contributed by atoms with Gasteiger partial charge in [0, 0.05) is 13.0 Å². The van der Waals surface area contributed by atoms with Crippen molar-refractivity contribution >= 4 is 17.5 Å². The molecule has 1 aromatic carbocycles. The number of fused-ring (bicyclic) bond motifs is 1. The number of amides is 2. The first kappa shape index (κ1) is 12.4. The molecule has 0 saturated carbocycles. The Morgan fingerprint density at radius 3 is 2.89 bits per heavy atom. The third kappa shape index (κ3) is 2.45. The van der Waals surface area contributed by atoms with Gasteiger partial charge in [-0.25, -0.2) is 0 Å². The number of para-hydroxylation sites is 2. The first-order chi connectivity index (χ1) is 8.59. The Balaban J connectivity index is 2.16. The molecule has 5 heteroatoms. The van der Waals surface area contributed by atoms with Crippen molar-refractivity contribution in [2.75, 3.05) is 11.4 Å². The maximum absolute atomic E-state index is 12.0. The molecule has 2 N–H and O–H groups in total. The van der Waals surface area contributed by atoms with E-state index in [1.54, 1.807) is 11.8 Å². The fraction of sp³-hybridized carbons (Fsp3) is 0.385. The molecule has 0 spiro atoms. The van der Waals surface area contributed by atoms with Crippen molar-refractivity contribution in [2.45, 2.75) is 25.9 Å². The zero-order valence-corrected chi connectivity index (χ0v) is 10.3. The Morgan fingerprint density at radius 2 is 2.17 bits per heavy atom. The Bertz CT molecular complexity index is 473. The normalized spacial score (nSPS) is 18.2. The molecule has 18 heavy (non-hydrogen) atoms. The molecule has 0 fully saturated rings. The zero-order valence-electron chi connectivity index (χ0n) is 10.3. The summed E-state index contributed by atoms with van der Waals surface area (Å²) >= 11 is 0. The highest BCUT2D eigenvalue weighted by Crippen LogP contribution is 2.33. The van der Waals surface area contributed by atoms with Crippen molar-refractivity contribution in [3.63, 3.8) is 0 Å². The summed E-state index contributed by atoms with van der Waals surface area (Å²) in [5.41, 5.74) is 5.85. The first-order valence-corrected chi connectivity index (χ1v) is 5.95. The Morgan fingerprint density at radius 1 is 1.44 bits per heavy atom. The molecular weight excluding hydrogens is 232 g/mol. The van der Waals surface area contributed by atoms with E-state index in [9.17, 15) is 9.59 Å². The molecule has 1 aromatic rings. The first-order valence-electron chi connectivity index (χ1n) is 5.95. The molecule has 96 valence electrons. The standard InChI is InChI=1S/C13H16N2O3/c1-9-13(17)15(8-4-7-12(14)16)10-5-2-3-6-11(10)18-9/h2-3,5-6,9H,4,7-8H2,1H3,(H2,14,16). The molecule has 0 radical (unpaired) electrons. The molecule has 1 aliphatic heterocycles. The molecule has 1 atom stereocenters. The van der Waals surface area contributed by atoms with Crippen molar-refractivity contribution in [1.29, 1.82) is 0 Å². The van der Waals surface area contributed by atoms with Crippen molar-refractivity contribution in [3.05, 3.63) is 24.3 Å². The average molecular weight is 248 g/mol. The summed E-state index contributed by atoms with van der Waals surface area (Å²) in [5.74, 6) is 0.263. The van der Waals surface area contributed by atoms with Gasteiger partial charge >= 0.3 is 0 Å². The quantitative estimate of drug-likeness (QED) is 0.866. The van der Waals surface area contributed by atoms with E-state index in [0.717, 1.165) is 5.69 Å². The maximum atomic E-state index is 12.0. The van der Waals surface area contributed by atoms with Gasteiger partial charge in [-0.05, 0) is 25.5 Å². The SMILES string of the molecule is CC1Oc2ccccc2N(CCCC(N)=O)C1=O. The van der Waals surface area contributed by atoms with E-state index in [1.807, 2.05) is 24.3 Å².